The van der Waals surface area contributed by atoms with E-state index in [0.717, 1.165) is 16.8 Å². The van der Waals surface area contributed by atoms with Gasteiger partial charge in [0.25, 0.3) is 5.91 Å². The van der Waals surface area contributed by atoms with E-state index in [-0.39, 0.29) is 11.9 Å². The number of thiophene rings is 1. The first kappa shape index (κ1) is 15.6. The summed E-state index contributed by atoms with van der Waals surface area (Å²) in [5.41, 5.74) is 2.89. The topological polar surface area (TPSA) is 32.3 Å². The van der Waals surface area contributed by atoms with Gasteiger partial charge in [-0.15, -0.1) is 11.3 Å². The molecule has 1 heterocycles. The predicted molar refractivity (Wildman–Crippen MR) is 90.1 cm³/mol. The summed E-state index contributed by atoms with van der Waals surface area (Å²) in [6, 6.07) is 10.1. The maximum atomic E-state index is 12.8. The van der Waals surface area contributed by atoms with Gasteiger partial charge in [0.1, 0.15) is 0 Å². The normalized spacial score (nSPS) is 10.7. The average Bonchev–Trinajstić information content (AvgIpc) is 2.96. The minimum atomic E-state index is 0.0872. The van der Waals surface area contributed by atoms with Crippen molar-refractivity contribution in [2.24, 2.45) is 0 Å². The highest BCUT2D eigenvalue weighted by Crippen LogP contribution is 2.20. The van der Waals surface area contributed by atoms with Gasteiger partial charge < -0.3 is 10.2 Å². The van der Waals surface area contributed by atoms with Crippen LogP contribution >= 0.6 is 11.3 Å². The second-order valence-electron chi connectivity index (χ2n) is 5.39. The van der Waals surface area contributed by atoms with Crippen LogP contribution in [0.1, 0.15) is 34.6 Å². The van der Waals surface area contributed by atoms with Crippen LogP contribution in [-0.4, -0.2) is 23.9 Å². The van der Waals surface area contributed by atoms with Crippen LogP contribution in [0, 0.1) is 6.92 Å². The Morgan fingerprint density at radius 1 is 1.33 bits per heavy atom. The molecule has 0 spiro atoms. The maximum absolute atomic E-state index is 12.8. The molecule has 1 amide bonds. The Kier molecular flexibility index (Phi) is 5.02. The van der Waals surface area contributed by atoms with E-state index in [0.29, 0.717) is 6.54 Å². The first-order valence-corrected chi connectivity index (χ1v) is 8.02. The molecule has 0 aliphatic rings. The molecule has 0 fully saturated rings. The third-order valence-corrected chi connectivity index (χ3v) is 4.39. The zero-order valence-corrected chi connectivity index (χ0v) is 13.8. The molecule has 0 atom stereocenters. The van der Waals surface area contributed by atoms with Crippen LogP contribution in [-0.2, 0) is 6.54 Å². The fourth-order valence-corrected chi connectivity index (χ4v) is 3.01. The van der Waals surface area contributed by atoms with Crippen molar-refractivity contribution in [3.63, 3.8) is 0 Å². The third kappa shape index (κ3) is 3.64. The van der Waals surface area contributed by atoms with Crippen molar-refractivity contribution in [1.29, 1.82) is 0 Å². The van der Waals surface area contributed by atoms with E-state index < -0.39 is 0 Å². The molecule has 2 aromatic rings. The number of hydrogen-bond donors (Lipinski definition) is 1. The summed E-state index contributed by atoms with van der Waals surface area (Å²) in [5, 5.41) is 5.17. The fourth-order valence-electron chi connectivity index (χ4n) is 2.30. The summed E-state index contributed by atoms with van der Waals surface area (Å²) in [5.74, 6) is 0.0872. The molecule has 112 valence electrons. The molecular formula is C17H22N2OS. The standard InChI is InChI=1S/C17H22N2OS/c1-12(2)19(11-15-6-5-9-21-15)17(20)14-7-8-16(18-4)13(3)10-14/h5-10,12,18H,11H2,1-4H3. The zero-order chi connectivity index (χ0) is 15.4. The van der Waals surface area contributed by atoms with E-state index in [1.807, 2.05) is 48.5 Å². The molecule has 0 bridgehead atoms. The number of nitrogens with one attached hydrogen (secondary N) is 1. The first-order valence-electron chi connectivity index (χ1n) is 7.14. The lowest BCUT2D eigenvalue weighted by Gasteiger charge is -2.26. The monoisotopic (exact) mass is 302 g/mol. The first-order chi connectivity index (χ1) is 10.0. The van der Waals surface area contributed by atoms with Gasteiger partial charge in [-0.05, 0) is 56.0 Å². The van der Waals surface area contributed by atoms with Crippen molar-refractivity contribution < 1.29 is 4.79 Å². The van der Waals surface area contributed by atoms with Gasteiger partial charge in [0.05, 0.1) is 6.54 Å². The lowest BCUT2D eigenvalue weighted by Crippen LogP contribution is -2.36. The van der Waals surface area contributed by atoms with Crippen LogP contribution in [0.15, 0.2) is 35.7 Å². The molecule has 3 nitrogen and oxygen atoms in total. The number of carbonyl (C=O) groups is 1. The van der Waals surface area contributed by atoms with Crippen LogP contribution in [0.3, 0.4) is 0 Å². The number of benzene rings is 1. The minimum Gasteiger partial charge on any atom is -0.388 e. The maximum Gasteiger partial charge on any atom is 0.254 e. The minimum absolute atomic E-state index is 0.0872. The second-order valence-corrected chi connectivity index (χ2v) is 6.42. The van der Waals surface area contributed by atoms with E-state index in [1.54, 1.807) is 11.3 Å². The molecule has 0 aliphatic heterocycles. The summed E-state index contributed by atoms with van der Waals surface area (Å²) in [6.45, 7) is 6.79. The molecule has 1 aromatic heterocycles. The Balaban J connectivity index is 2.24. The summed E-state index contributed by atoms with van der Waals surface area (Å²) in [6.07, 6.45) is 0. The van der Waals surface area contributed by atoms with Crippen LogP contribution in [0.2, 0.25) is 0 Å². The molecule has 0 radical (unpaired) electrons. The van der Waals surface area contributed by atoms with Crippen LogP contribution < -0.4 is 5.32 Å². The summed E-state index contributed by atoms with van der Waals surface area (Å²) in [4.78, 5) is 15.9. The van der Waals surface area contributed by atoms with Gasteiger partial charge in [-0.2, -0.15) is 0 Å². The molecule has 0 aliphatic carbocycles. The van der Waals surface area contributed by atoms with Crippen molar-refractivity contribution in [1.82, 2.24) is 4.90 Å². The van der Waals surface area contributed by atoms with Gasteiger partial charge in [0.2, 0.25) is 0 Å². The zero-order valence-electron chi connectivity index (χ0n) is 13.0. The molecule has 4 heteroatoms. The van der Waals surface area contributed by atoms with Crippen LogP contribution in [0.4, 0.5) is 5.69 Å². The lowest BCUT2D eigenvalue weighted by atomic mass is 10.1. The largest absolute Gasteiger partial charge is 0.388 e. The summed E-state index contributed by atoms with van der Waals surface area (Å²) < 4.78 is 0. The van der Waals surface area contributed by atoms with Crippen LogP contribution in [0.5, 0.6) is 0 Å². The molecule has 1 aromatic carbocycles. The number of nitrogens with zero attached hydrogens (tertiary/aromatic N) is 1. The van der Waals surface area contributed by atoms with Crippen molar-refractivity contribution in [2.75, 3.05) is 12.4 Å². The van der Waals surface area contributed by atoms with E-state index in [4.69, 9.17) is 0 Å². The van der Waals surface area contributed by atoms with Gasteiger partial charge in [0.15, 0.2) is 0 Å². The molecule has 2 rings (SSSR count). The molecular weight excluding hydrogens is 280 g/mol. The molecule has 0 saturated heterocycles. The van der Waals surface area contributed by atoms with Gasteiger partial charge in [-0.3, -0.25) is 4.79 Å². The quantitative estimate of drug-likeness (QED) is 0.900. The summed E-state index contributed by atoms with van der Waals surface area (Å²) in [7, 11) is 1.89. The van der Waals surface area contributed by atoms with Crippen molar-refractivity contribution >= 4 is 22.9 Å². The Morgan fingerprint density at radius 3 is 2.62 bits per heavy atom. The van der Waals surface area contributed by atoms with E-state index >= 15 is 0 Å². The highest BCUT2D eigenvalue weighted by molar-refractivity contribution is 7.09. The van der Waals surface area contributed by atoms with E-state index in [1.165, 1.54) is 4.88 Å². The van der Waals surface area contributed by atoms with Crippen LogP contribution in [0.25, 0.3) is 0 Å². The predicted octanol–water partition coefficient (Wildman–Crippen LogP) is 4.15. The van der Waals surface area contributed by atoms with E-state index in [9.17, 15) is 4.79 Å². The van der Waals surface area contributed by atoms with Crippen molar-refractivity contribution in [3.05, 3.63) is 51.7 Å². The number of carbonyl (C=O) groups excluding carboxylic acids is 1. The Labute approximate surface area is 130 Å². The molecule has 21 heavy (non-hydrogen) atoms. The number of amides is 1. The van der Waals surface area contributed by atoms with E-state index in [2.05, 4.69) is 25.2 Å². The highest BCUT2D eigenvalue weighted by atomic mass is 32.1. The number of aryl methyl sites for hydroxylation is 1. The van der Waals surface area contributed by atoms with Gasteiger partial charge in [-0.25, -0.2) is 0 Å². The Bertz CT molecular complexity index is 605. The van der Waals surface area contributed by atoms with Crippen molar-refractivity contribution in [3.8, 4) is 0 Å². The summed E-state index contributed by atoms with van der Waals surface area (Å²) >= 11 is 1.69. The molecule has 1 N–H and O–H groups in total. The van der Waals surface area contributed by atoms with Gasteiger partial charge in [0, 0.05) is 29.2 Å². The fraction of sp³-hybridized carbons (Fsp3) is 0.353. The SMILES string of the molecule is CNc1ccc(C(=O)N(Cc2cccs2)C(C)C)cc1C. The Hall–Kier alpha value is -1.81. The third-order valence-electron chi connectivity index (χ3n) is 3.53. The number of rotatable bonds is 5. The lowest BCUT2D eigenvalue weighted by molar-refractivity contribution is 0.0692. The Morgan fingerprint density at radius 2 is 2.10 bits per heavy atom. The van der Waals surface area contributed by atoms with Crippen molar-refractivity contribution in [2.45, 2.75) is 33.4 Å². The van der Waals surface area contributed by atoms with Gasteiger partial charge in [-0.1, -0.05) is 6.07 Å². The molecule has 0 unspecified atom stereocenters. The second kappa shape index (κ2) is 6.76. The number of anilines is 1. The smallest absolute Gasteiger partial charge is 0.254 e. The highest BCUT2D eigenvalue weighted by Gasteiger charge is 2.20. The average molecular weight is 302 g/mol. The molecule has 0 saturated carbocycles. The van der Waals surface area contributed by atoms with Gasteiger partial charge >= 0.3 is 0 Å². The number of hydrogen-bond acceptors (Lipinski definition) is 3.